The van der Waals surface area contributed by atoms with Crippen LogP contribution in [-0.2, 0) is 16.2 Å². The van der Waals surface area contributed by atoms with Crippen molar-refractivity contribution in [3.63, 3.8) is 0 Å². The van der Waals surface area contributed by atoms with Gasteiger partial charge in [-0.05, 0) is 71.5 Å². The molecule has 2 N–H and O–H groups in total. The largest absolute Gasteiger partial charge is 0.493 e. The van der Waals surface area contributed by atoms with E-state index < -0.39 is 24.4 Å². The maximum absolute atomic E-state index is 12.9. The van der Waals surface area contributed by atoms with Gasteiger partial charge in [0.05, 0.1) is 22.3 Å². The SMILES string of the molecule is COc1cc(/C=C2/NC(=O)N(CC(=O)Nc3ccc(C)cc3)C2=O)cc(I)c1OCc1ccccc1C#N. The molecule has 10 heteroatoms. The van der Waals surface area contributed by atoms with E-state index in [4.69, 9.17) is 9.47 Å². The molecule has 0 atom stereocenters. The highest BCUT2D eigenvalue weighted by atomic mass is 127. The van der Waals surface area contributed by atoms with Gasteiger partial charge in [0.25, 0.3) is 5.91 Å². The quantitative estimate of drug-likeness (QED) is 0.216. The van der Waals surface area contributed by atoms with Gasteiger partial charge >= 0.3 is 6.03 Å². The smallest absolute Gasteiger partial charge is 0.329 e. The lowest BCUT2D eigenvalue weighted by Crippen LogP contribution is -2.38. The Bertz CT molecular complexity index is 1480. The van der Waals surface area contributed by atoms with Gasteiger partial charge in [-0.2, -0.15) is 5.26 Å². The van der Waals surface area contributed by atoms with Crippen molar-refractivity contribution in [1.29, 1.82) is 5.26 Å². The van der Waals surface area contributed by atoms with Crippen LogP contribution in [0.1, 0.15) is 22.3 Å². The van der Waals surface area contributed by atoms with Crippen LogP contribution < -0.4 is 20.1 Å². The maximum Gasteiger partial charge on any atom is 0.329 e. The second kappa shape index (κ2) is 11.8. The number of hydrogen-bond donors (Lipinski definition) is 2. The molecule has 0 unspecified atom stereocenters. The molecule has 1 aliphatic heterocycles. The third kappa shape index (κ3) is 6.12. The second-order valence-electron chi connectivity index (χ2n) is 8.39. The fourth-order valence-electron chi connectivity index (χ4n) is 3.73. The van der Waals surface area contributed by atoms with Crippen LogP contribution in [0.25, 0.3) is 6.08 Å². The van der Waals surface area contributed by atoms with E-state index in [1.165, 1.54) is 13.2 Å². The number of nitrogens with zero attached hydrogens (tertiary/aromatic N) is 2. The van der Waals surface area contributed by atoms with Gasteiger partial charge in [0, 0.05) is 11.3 Å². The first kappa shape index (κ1) is 26.7. The van der Waals surface area contributed by atoms with Crippen LogP contribution in [0, 0.1) is 21.8 Å². The lowest BCUT2D eigenvalue weighted by molar-refractivity contribution is -0.127. The van der Waals surface area contributed by atoms with Crippen LogP contribution in [0.5, 0.6) is 11.5 Å². The number of benzene rings is 3. The molecule has 1 aliphatic rings. The van der Waals surface area contributed by atoms with Crippen LogP contribution in [0.3, 0.4) is 0 Å². The number of carbonyl (C=O) groups is 3. The number of hydrogen-bond acceptors (Lipinski definition) is 6. The van der Waals surface area contributed by atoms with Crippen LogP contribution in [0.4, 0.5) is 10.5 Å². The van der Waals surface area contributed by atoms with E-state index in [0.717, 1.165) is 16.0 Å². The molecular weight excluding hydrogens is 599 g/mol. The number of ether oxygens (including phenoxy) is 2. The number of rotatable bonds is 8. The summed E-state index contributed by atoms with van der Waals surface area (Å²) >= 11 is 2.09. The molecule has 4 rings (SSSR count). The zero-order chi connectivity index (χ0) is 27.2. The number of aryl methyl sites for hydroxylation is 1. The number of nitrogens with one attached hydrogen (secondary N) is 2. The molecule has 192 valence electrons. The van der Waals surface area contributed by atoms with Gasteiger partial charge in [-0.15, -0.1) is 0 Å². The summed E-state index contributed by atoms with van der Waals surface area (Å²) in [4.78, 5) is 38.6. The molecule has 0 saturated carbocycles. The highest BCUT2D eigenvalue weighted by Crippen LogP contribution is 2.35. The fourth-order valence-corrected chi connectivity index (χ4v) is 4.51. The topological polar surface area (TPSA) is 121 Å². The molecule has 1 heterocycles. The van der Waals surface area contributed by atoms with Gasteiger partial charge in [-0.25, -0.2) is 9.69 Å². The average Bonchev–Trinajstić information content (AvgIpc) is 3.16. The van der Waals surface area contributed by atoms with Crippen molar-refractivity contribution in [3.05, 3.63) is 92.2 Å². The van der Waals surface area contributed by atoms with Crippen LogP contribution in [-0.4, -0.2) is 36.4 Å². The zero-order valence-electron chi connectivity index (χ0n) is 20.6. The molecule has 4 amide bonds. The zero-order valence-corrected chi connectivity index (χ0v) is 22.7. The van der Waals surface area contributed by atoms with E-state index in [2.05, 4.69) is 39.3 Å². The summed E-state index contributed by atoms with van der Waals surface area (Å²) in [5.74, 6) is -0.200. The highest BCUT2D eigenvalue weighted by molar-refractivity contribution is 14.1. The minimum atomic E-state index is -0.682. The van der Waals surface area contributed by atoms with Crippen molar-refractivity contribution in [2.45, 2.75) is 13.5 Å². The van der Waals surface area contributed by atoms with Crippen molar-refractivity contribution in [2.24, 2.45) is 0 Å². The Morgan fingerprint density at radius 3 is 2.61 bits per heavy atom. The lowest BCUT2D eigenvalue weighted by Gasteiger charge is -2.14. The monoisotopic (exact) mass is 622 g/mol. The summed E-state index contributed by atoms with van der Waals surface area (Å²) in [5, 5.41) is 14.5. The molecule has 0 aromatic heterocycles. The van der Waals surface area contributed by atoms with Crippen molar-refractivity contribution in [2.75, 3.05) is 19.0 Å². The van der Waals surface area contributed by atoms with Crippen molar-refractivity contribution < 1.29 is 23.9 Å². The van der Waals surface area contributed by atoms with Crippen LogP contribution >= 0.6 is 22.6 Å². The molecule has 0 spiro atoms. The number of amides is 4. The summed E-state index contributed by atoms with van der Waals surface area (Å²) in [6.45, 7) is 1.68. The fraction of sp³-hybridized carbons (Fsp3) is 0.143. The predicted octanol–water partition coefficient (Wildman–Crippen LogP) is 4.59. The van der Waals surface area contributed by atoms with Gasteiger partial charge < -0.3 is 20.1 Å². The number of halogens is 1. The Balaban J connectivity index is 1.48. The minimum Gasteiger partial charge on any atom is -0.493 e. The van der Waals surface area contributed by atoms with E-state index in [1.54, 1.807) is 36.4 Å². The Hall–Kier alpha value is -4.37. The lowest BCUT2D eigenvalue weighted by atomic mass is 10.1. The van der Waals surface area contributed by atoms with Crippen molar-refractivity contribution >= 4 is 52.2 Å². The number of carbonyl (C=O) groups excluding carboxylic acids is 3. The number of urea groups is 1. The number of nitriles is 1. The maximum atomic E-state index is 12.9. The van der Waals surface area contributed by atoms with E-state index in [9.17, 15) is 19.6 Å². The molecule has 0 radical (unpaired) electrons. The Morgan fingerprint density at radius 1 is 1.16 bits per heavy atom. The van der Waals surface area contributed by atoms with E-state index >= 15 is 0 Å². The first-order chi connectivity index (χ1) is 18.3. The molecule has 3 aromatic rings. The van der Waals surface area contributed by atoms with Gasteiger partial charge in [0.2, 0.25) is 5.91 Å². The van der Waals surface area contributed by atoms with E-state index in [-0.39, 0.29) is 12.3 Å². The Morgan fingerprint density at radius 2 is 1.89 bits per heavy atom. The summed E-state index contributed by atoms with van der Waals surface area (Å²) in [5.41, 5.74) is 3.50. The van der Waals surface area contributed by atoms with Gasteiger partial charge in [-0.1, -0.05) is 35.9 Å². The molecule has 3 aromatic carbocycles. The number of methoxy groups -OCH3 is 1. The second-order valence-corrected chi connectivity index (χ2v) is 9.55. The molecule has 9 nitrogen and oxygen atoms in total. The third-order valence-electron chi connectivity index (χ3n) is 5.67. The summed E-state index contributed by atoms with van der Waals surface area (Å²) in [7, 11) is 1.50. The van der Waals surface area contributed by atoms with Crippen LogP contribution in [0.2, 0.25) is 0 Å². The normalized spacial score (nSPS) is 13.7. The standard InChI is InChI=1S/C28H23IN4O5/c1-17-7-9-21(10-8-17)31-25(34)15-33-27(35)23(32-28(33)36)12-18-11-22(29)26(24(13-18)37-2)38-16-20-6-4-3-5-19(20)14-30/h3-13H,15-16H2,1-2H3,(H,31,34)(H,32,36)/b23-12+. The number of imide groups is 1. The highest BCUT2D eigenvalue weighted by Gasteiger charge is 2.35. The van der Waals surface area contributed by atoms with Gasteiger partial charge in [0.1, 0.15) is 18.8 Å². The van der Waals surface area contributed by atoms with Crippen molar-refractivity contribution in [1.82, 2.24) is 10.2 Å². The first-order valence-corrected chi connectivity index (χ1v) is 12.6. The molecule has 1 saturated heterocycles. The minimum absolute atomic E-state index is 0.0348. The van der Waals surface area contributed by atoms with E-state index in [1.807, 2.05) is 31.2 Å². The van der Waals surface area contributed by atoms with E-state index in [0.29, 0.717) is 31.9 Å². The van der Waals surface area contributed by atoms with Crippen molar-refractivity contribution in [3.8, 4) is 17.6 Å². The Labute approximate surface area is 233 Å². The van der Waals surface area contributed by atoms with Gasteiger partial charge in [0.15, 0.2) is 11.5 Å². The summed E-state index contributed by atoms with van der Waals surface area (Å²) < 4.78 is 12.2. The Kier molecular flexibility index (Phi) is 8.28. The molecule has 38 heavy (non-hydrogen) atoms. The third-order valence-corrected chi connectivity index (χ3v) is 6.47. The molecule has 1 fully saturated rings. The van der Waals surface area contributed by atoms with Crippen LogP contribution in [0.15, 0.2) is 66.4 Å². The van der Waals surface area contributed by atoms with Gasteiger partial charge in [-0.3, -0.25) is 9.59 Å². The summed E-state index contributed by atoms with van der Waals surface area (Å²) in [6, 6.07) is 19.3. The predicted molar refractivity (Wildman–Crippen MR) is 149 cm³/mol. The molecular formula is C28H23IN4O5. The summed E-state index contributed by atoms with van der Waals surface area (Å²) in [6.07, 6.45) is 1.51. The molecule has 0 aliphatic carbocycles. The first-order valence-electron chi connectivity index (χ1n) is 11.5. The number of anilines is 1. The average molecular weight is 622 g/mol. The molecule has 0 bridgehead atoms.